The SMILES string of the molecule is CCc1cccc(Nc2ccc(S(=O)(=O)n3c(C)c(CC(=O)O)c4cc(F)ccc43)cc2)c1. The number of carboxylic acid groups (broad SMARTS) is 1. The van der Waals surface area contributed by atoms with Crippen LogP contribution in [0.1, 0.15) is 23.7 Å². The van der Waals surface area contributed by atoms with Crippen molar-refractivity contribution < 1.29 is 22.7 Å². The number of aliphatic carboxylic acids is 1. The fourth-order valence-corrected chi connectivity index (χ4v) is 5.54. The van der Waals surface area contributed by atoms with Gasteiger partial charge in [-0.3, -0.25) is 4.79 Å². The van der Waals surface area contributed by atoms with Crippen molar-refractivity contribution in [2.24, 2.45) is 0 Å². The molecule has 0 atom stereocenters. The van der Waals surface area contributed by atoms with Gasteiger partial charge in [-0.05, 0) is 79.1 Å². The Balaban J connectivity index is 1.74. The fourth-order valence-electron chi connectivity index (χ4n) is 3.96. The van der Waals surface area contributed by atoms with Crippen LogP contribution in [0.25, 0.3) is 10.9 Å². The minimum atomic E-state index is -4.05. The molecule has 0 fully saturated rings. The van der Waals surface area contributed by atoms with Crippen LogP contribution in [0.5, 0.6) is 0 Å². The first kappa shape index (κ1) is 22.5. The third-order valence-electron chi connectivity index (χ3n) is 5.59. The molecule has 0 amide bonds. The van der Waals surface area contributed by atoms with Gasteiger partial charge in [0.1, 0.15) is 5.82 Å². The molecule has 0 saturated heterocycles. The minimum Gasteiger partial charge on any atom is -0.481 e. The summed E-state index contributed by atoms with van der Waals surface area (Å²) in [5.74, 6) is -1.69. The molecule has 8 heteroatoms. The number of anilines is 2. The summed E-state index contributed by atoms with van der Waals surface area (Å²) in [6, 6.07) is 18.0. The number of hydrogen-bond acceptors (Lipinski definition) is 4. The lowest BCUT2D eigenvalue weighted by molar-refractivity contribution is -0.136. The molecule has 33 heavy (non-hydrogen) atoms. The van der Waals surface area contributed by atoms with Crippen LogP contribution >= 0.6 is 0 Å². The summed E-state index contributed by atoms with van der Waals surface area (Å²) in [5.41, 5.74) is 3.57. The second-order valence-electron chi connectivity index (χ2n) is 7.77. The van der Waals surface area contributed by atoms with E-state index in [2.05, 4.69) is 12.2 Å². The smallest absolute Gasteiger partial charge is 0.307 e. The van der Waals surface area contributed by atoms with Crippen LogP contribution in [-0.2, 0) is 27.7 Å². The van der Waals surface area contributed by atoms with Crippen molar-refractivity contribution in [3.05, 3.63) is 89.4 Å². The topological polar surface area (TPSA) is 88.4 Å². The molecule has 170 valence electrons. The highest BCUT2D eigenvalue weighted by molar-refractivity contribution is 7.90. The Morgan fingerprint density at radius 2 is 1.76 bits per heavy atom. The number of benzene rings is 3. The molecular formula is C25H23FN2O4S. The molecule has 0 unspecified atom stereocenters. The number of rotatable bonds is 7. The Morgan fingerprint density at radius 3 is 2.42 bits per heavy atom. The van der Waals surface area contributed by atoms with Gasteiger partial charge in [0.05, 0.1) is 16.8 Å². The molecule has 0 aliphatic carbocycles. The molecule has 4 rings (SSSR count). The third kappa shape index (κ3) is 4.34. The van der Waals surface area contributed by atoms with Crippen molar-refractivity contribution in [3.8, 4) is 0 Å². The molecule has 0 saturated carbocycles. The molecule has 0 bridgehead atoms. The predicted octanol–water partition coefficient (Wildman–Crippen LogP) is 5.26. The lowest BCUT2D eigenvalue weighted by atomic mass is 10.1. The molecule has 1 aromatic heterocycles. The van der Waals surface area contributed by atoms with E-state index >= 15 is 0 Å². The van der Waals surface area contributed by atoms with E-state index in [-0.39, 0.29) is 27.1 Å². The highest BCUT2D eigenvalue weighted by Gasteiger charge is 2.26. The van der Waals surface area contributed by atoms with Gasteiger partial charge in [-0.2, -0.15) is 0 Å². The normalized spacial score (nSPS) is 11.6. The van der Waals surface area contributed by atoms with Crippen LogP contribution in [0.3, 0.4) is 0 Å². The van der Waals surface area contributed by atoms with Crippen LogP contribution in [0.2, 0.25) is 0 Å². The average molecular weight is 467 g/mol. The van der Waals surface area contributed by atoms with Crippen LogP contribution in [-0.4, -0.2) is 23.5 Å². The van der Waals surface area contributed by atoms with E-state index in [0.717, 1.165) is 27.8 Å². The monoisotopic (exact) mass is 466 g/mol. The minimum absolute atomic E-state index is 0.0431. The molecule has 0 spiro atoms. The Morgan fingerprint density at radius 1 is 1.03 bits per heavy atom. The first-order valence-corrected chi connectivity index (χ1v) is 11.9. The van der Waals surface area contributed by atoms with Gasteiger partial charge in [-0.15, -0.1) is 0 Å². The van der Waals surface area contributed by atoms with Gasteiger partial charge in [-0.25, -0.2) is 16.8 Å². The third-order valence-corrected chi connectivity index (χ3v) is 7.41. The summed E-state index contributed by atoms with van der Waals surface area (Å²) in [4.78, 5) is 11.4. The molecule has 6 nitrogen and oxygen atoms in total. The molecule has 0 radical (unpaired) electrons. The first-order chi connectivity index (χ1) is 15.7. The number of aryl methyl sites for hydroxylation is 1. The zero-order chi connectivity index (χ0) is 23.8. The van der Waals surface area contributed by atoms with Crippen LogP contribution < -0.4 is 5.32 Å². The Kier molecular flexibility index (Phi) is 5.95. The summed E-state index contributed by atoms with van der Waals surface area (Å²) in [5, 5.41) is 12.8. The number of halogens is 1. The predicted molar refractivity (Wildman–Crippen MR) is 126 cm³/mol. The van der Waals surface area contributed by atoms with Crippen molar-refractivity contribution in [2.75, 3.05) is 5.32 Å². The van der Waals surface area contributed by atoms with E-state index in [0.29, 0.717) is 0 Å². The van der Waals surface area contributed by atoms with Crippen molar-refractivity contribution in [1.82, 2.24) is 3.97 Å². The van der Waals surface area contributed by atoms with Crippen LogP contribution in [0.15, 0.2) is 71.6 Å². The van der Waals surface area contributed by atoms with Gasteiger partial charge in [0.2, 0.25) is 0 Å². The number of carbonyl (C=O) groups is 1. The van der Waals surface area contributed by atoms with Gasteiger partial charge in [0, 0.05) is 22.5 Å². The number of carboxylic acids is 1. The van der Waals surface area contributed by atoms with Gasteiger partial charge in [-0.1, -0.05) is 19.1 Å². The average Bonchev–Trinajstić information content (AvgIpc) is 3.05. The van der Waals surface area contributed by atoms with E-state index in [1.807, 2.05) is 24.3 Å². The molecule has 0 aliphatic rings. The zero-order valence-electron chi connectivity index (χ0n) is 18.2. The largest absolute Gasteiger partial charge is 0.481 e. The first-order valence-electron chi connectivity index (χ1n) is 10.4. The summed E-state index contributed by atoms with van der Waals surface area (Å²) in [6.45, 7) is 3.60. The lowest BCUT2D eigenvalue weighted by Gasteiger charge is -2.12. The standard InChI is InChI=1S/C25H23FN2O4S/c1-3-17-5-4-6-20(13-17)27-19-8-10-21(11-9-19)33(31,32)28-16(2)22(15-25(29)30)23-14-18(26)7-12-24(23)28/h4-14,27H,3,15H2,1-2H3,(H,29,30). The molecule has 3 aromatic carbocycles. The molecule has 4 aromatic rings. The second kappa shape index (κ2) is 8.71. The molecular weight excluding hydrogens is 443 g/mol. The van der Waals surface area contributed by atoms with Gasteiger partial charge < -0.3 is 10.4 Å². The van der Waals surface area contributed by atoms with Crippen LogP contribution in [0, 0.1) is 12.7 Å². The number of fused-ring (bicyclic) bond motifs is 1. The van der Waals surface area contributed by atoms with E-state index in [1.54, 1.807) is 12.1 Å². The maximum atomic E-state index is 13.9. The molecule has 2 N–H and O–H groups in total. The van der Waals surface area contributed by atoms with E-state index in [9.17, 15) is 22.7 Å². The molecule has 0 aliphatic heterocycles. The van der Waals surface area contributed by atoms with Crippen LogP contribution in [0.4, 0.5) is 15.8 Å². The number of nitrogens with one attached hydrogen (secondary N) is 1. The highest BCUT2D eigenvalue weighted by atomic mass is 32.2. The van der Waals surface area contributed by atoms with Crippen molar-refractivity contribution in [3.63, 3.8) is 0 Å². The quantitative estimate of drug-likeness (QED) is 0.388. The number of aromatic nitrogens is 1. The van der Waals surface area contributed by atoms with Crippen molar-refractivity contribution >= 4 is 38.3 Å². The highest BCUT2D eigenvalue weighted by Crippen LogP contribution is 2.31. The van der Waals surface area contributed by atoms with E-state index in [4.69, 9.17) is 0 Å². The summed E-state index contributed by atoms with van der Waals surface area (Å²) < 4.78 is 42.0. The zero-order valence-corrected chi connectivity index (χ0v) is 19.0. The summed E-state index contributed by atoms with van der Waals surface area (Å²) >= 11 is 0. The Labute approximate surface area is 191 Å². The lowest BCUT2D eigenvalue weighted by Crippen LogP contribution is -2.15. The van der Waals surface area contributed by atoms with Gasteiger partial charge in [0.15, 0.2) is 0 Å². The summed E-state index contributed by atoms with van der Waals surface area (Å²) in [6.07, 6.45) is 0.499. The summed E-state index contributed by atoms with van der Waals surface area (Å²) in [7, 11) is -4.05. The fraction of sp³-hybridized carbons (Fsp3) is 0.160. The second-order valence-corrected chi connectivity index (χ2v) is 9.56. The Bertz CT molecular complexity index is 1460. The number of nitrogens with zero attached hydrogens (tertiary/aromatic N) is 1. The van der Waals surface area contributed by atoms with Gasteiger partial charge in [0.25, 0.3) is 10.0 Å². The van der Waals surface area contributed by atoms with Crippen molar-refractivity contribution in [2.45, 2.75) is 31.6 Å². The maximum Gasteiger partial charge on any atom is 0.307 e. The maximum absolute atomic E-state index is 13.9. The molecule has 1 heterocycles. The Hall–Kier alpha value is -3.65. The van der Waals surface area contributed by atoms with E-state index < -0.39 is 28.2 Å². The van der Waals surface area contributed by atoms with Gasteiger partial charge >= 0.3 is 5.97 Å². The van der Waals surface area contributed by atoms with E-state index in [1.165, 1.54) is 36.8 Å². The van der Waals surface area contributed by atoms with Crippen molar-refractivity contribution in [1.29, 1.82) is 0 Å². The number of hydrogen-bond donors (Lipinski definition) is 2.